The molecular formula is C18H19N3O4S2. The molecule has 0 atom stereocenters. The number of nitrogens with zero attached hydrogens (tertiary/aromatic N) is 2. The van der Waals surface area contributed by atoms with Crippen molar-refractivity contribution < 1.29 is 17.6 Å². The molecule has 3 rings (SSSR count). The minimum atomic E-state index is -3.61. The van der Waals surface area contributed by atoms with Gasteiger partial charge in [-0.1, -0.05) is 6.07 Å². The zero-order valence-electron chi connectivity index (χ0n) is 15.3. The number of nitrogens with one attached hydrogen (secondary N) is 1. The van der Waals surface area contributed by atoms with E-state index in [1.807, 2.05) is 25.3 Å². The first-order valence-electron chi connectivity index (χ1n) is 8.05. The summed E-state index contributed by atoms with van der Waals surface area (Å²) < 4.78 is 31.1. The molecule has 7 nitrogen and oxygen atoms in total. The molecule has 1 N–H and O–H groups in total. The third-order valence-electron chi connectivity index (χ3n) is 3.92. The largest absolute Gasteiger partial charge is 0.466 e. The van der Waals surface area contributed by atoms with Crippen molar-refractivity contribution >= 4 is 32.4 Å². The average molecular weight is 406 g/mol. The molecular weight excluding hydrogens is 386 g/mol. The molecule has 0 saturated carbocycles. The molecule has 1 aromatic carbocycles. The van der Waals surface area contributed by atoms with E-state index < -0.39 is 15.9 Å². The molecule has 1 amide bonds. The van der Waals surface area contributed by atoms with E-state index >= 15 is 0 Å². The van der Waals surface area contributed by atoms with Gasteiger partial charge in [0.25, 0.3) is 5.91 Å². The van der Waals surface area contributed by atoms with E-state index in [0.29, 0.717) is 10.8 Å². The van der Waals surface area contributed by atoms with Gasteiger partial charge in [-0.3, -0.25) is 10.1 Å². The lowest BCUT2D eigenvalue weighted by atomic mass is 10.2. The molecule has 142 valence electrons. The van der Waals surface area contributed by atoms with E-state index in [0.717, 1.165) is 21.4 Å². The van der Waals surface area contributed by atoms with Gasteiger partial charge in [0.15, 0.2) is 5.13 Å². The number of hydrogen-bond donors (Lipinski definition) is 1. The van der Waals surface area contributed by atoms with Gasteiger partial charge in [0.2, 0.25) is 10.0 Å². The molecule has 0 aliphatic carbocycles. The van der Waals surface area contributed by atoms with Gasteiger partial charge < -0.3 is 4.42 Å². The van der Waals surface area contributed by atoms with Crippen molar-refractivity contribution in [2.24, 2.45) is 0 Å². The number of benzene rings is 1. The summed E-state index contributed by atoms with van der Waals surface area (Å²) in [6.45, 7) is 3.72. The number of aromatic nitrogens is 1. The van der Waals surface area contributed by atoms with Gasteiger partial charge in [-0.05, 0) is 38.1 Å². The predicted molar refractivity (Wildman–Crippen MR) is 105 cm³/mol. The monoisotopic (exact) mass is 405 g/mol. The fourth-order valence-electron chi connectivity index (χ4n) is 2.52. The summed E-state index contributed by atoms with van der Waals surface area (Å²) in [6, 6.07) is 7.80. The van der Waals surface area contributed by atoms with Crippen molar-refractivity contribution in [3.8, 4) is 11.3 Å². The first kappa shape index (κ1) is 19.3. The summed E-state index contributed by atoms with van der Waals surface area (Å²) in [7, 11) is -0.724. The zero-order chi connectivity index (χ0) is 19.8. The number of thiazole rings is 1. The quantitative estimate of drug-likeness (QED) is 0.701. The van der Waals surface area contributed by atoms with Crippen LogP contribution in [-0.4, -0.2) is 37.7 Å². The number of rotatable bonds is 5. The van der Waals surface area contributed by atoms with Crippen LogP contribution in [0.1, 0.15) is 21.9 Å². The normalized spacial score (nSPS) is 11.7. The van der Waals surface area contributed by atoms with Crippen LogP contribution in [0.4, 0.5) is 5.13 Å². The second-order valence-corrected chi connectivity index (χ2v) is 9.14. The smallest absolute Gasteiger partial charge is 0.257 e. The van der Waals surface area contributed by atoms with Gasteiger partial charge in [0.05, 0.1) is 10.6 Å². The van der Waals surface area contributed by atoms with Crippen molar-refractivity contribution in [3.63, 3.8) is 0 Å². The molecule has 0 aliphatic rings. The van der Waals surface area contributed by atoms with Crippen molar-refractivity contribution in [3.05, 3.63) is 52.8 Å². The van der Waals surface area contributed by atoms with Crippen LogP contribution in [0.25, 0.3) is 11.3 Å². The Labute approximate surface area is 161 Å². The number of carbonyl (C=O) groups excluding carboxylic acids is 1. The average Bonchev–Trinajstić information content (AvgIpc) is 3.20. The van der Waals surface area contributed by atoms with E-state index in [-0.39, 0.29) is 10.5 Å². The zero-order valence-corrected chi connectivity index (χ0v) is 16.9. The van der Waals surface area contributed by atoms with Crippen LogP contribution in [0.5, 0.6) is 0 Å². The molecule has 0 spiro atoms. The Morgan fingerprint density at radius 2 is 1.96 bits per heavy atom. The number of sulfonamides is 1. The highest BCUT2D eigenvalue weighted by atomic mass is 32.2. The Kier molecular flexibility index (Phi) is 5.18. The Balaban J connectivity index is 1.82. The highest BCUT2D eigenvalue weighted by Crippen LogP contribution is 2.29. The number of amides is 1. The predicted octanol–water partition coefficient (Wildman–Crippen LogP) is 3.52. The van der Waals surface area contributed by atoms with Crippen LogP contribution in [0, 0.1) is 13.8 Å². The Bertz CT molecular complexity index is 1100. The van der Waals surface area contributed by atoms with Crippen LogP contribution in [-0.2, 0) is 10.0 Å². The molecule has 2 heterocycles. The topological polar surface area (TPSA) is 92.5 Å². The minimum absolute atomic E-state index is 0.0597. The summed E-state index contributed by atoms with van der Waals surface area (Å²) in [4.78, 5) is 17.0. The second-order valence-electron chi connectivity index (χ2n) is 6.13. The molecule has 27 heavy (non-hydrogen) atoms. The van der Waals surface area contributed by atoms with Gasteiger partial charge in [-0.25, -0.2) is 17.7 Å². The summed E-state index contributed by atoms with van der Waals surface area (Å²) >= 11 is 1.29. The first-order valence-corrected chi connectivity index (χ1v) is 10.4. The molecule has 0 radical (unpaired) electrons. The summed E-state index contributed by atoms with van der Waals surface area (Å²) in [5.74, 6) is 1.13. The lowest BCUT2D eigenvalue weighted by Gasteiger charge is -2.12. The van der Waals surface area contributed by atoms with Gasteiger partial charge in [0.1, 0.15) is 11.5 Å². The maximum Gasteiger partial charge on any atom is 0.257 e. The Hall–Kier alpha value is -2.49. The SMILES string of the molecule is Cc1cc(-c2csc(NC(=O)c3cccc(S(=O)(=O)N(C)C)c3)n2)c(C)o1. The molecule has 0 aliphatic heterocycles. The summed E-state index contributed by atoms with van der Waals surface area (Å²) in [5, 5.41) is 4.97. The molecule has 0 fully saturated rings. The number of carbonyl (C=O) groups is 1. The second kappa shape index (κ2) is 7.26. The maximum atomic E-state index is 12.5. The molecule has 2 aromatic heterocycles. The molecule has 0 unspecified atom stereocenters. The van der Waals surface area contributed by atoms with E-state index in [1.54, 1.807) is 6.07 Å². The van der Waals surface area contributed by atoms with Gasteiger partial charge in [-0.2, -0.15) is 0 Å². The lowest BCUT2D eigenvalue weighted by molar-refractivity contribution is 0.102. The lowest BCUT2D eigenvalue weighted by Crippen LogP contribution is -2.22. The van der Waals surface area contributed by atoms with Gasteiger partial charge in [0, 0.05) is 30.6 Å². The van der Waals surface area contributed by atoms with E-state index in [1.165, 1.54) is 43.6 Å². The molecule has 3 aromatic rings. The van der Waals surface area contributed by atoms with Gasteiger partial charge >= 0.3 is 0 Å². The van der Waals surface area contributed by atoms with Crippen LogP contribution in [0.15, 0.2) is 45.0 Å². The molecule has 0 saturated heterocycles. The Morgan fingerprint density at radius 1 is 1.22 bits per heavy atom. The third-order valence-corrected chi connectivity index (χ3v) is 6.49. The fraction of sp³-hybridized carbons (Fsp3) is 0.222. The van der Waals surface area contributed by atoms with E-state index in [4.69, 9.17) is 4.42 Å². The van der Waals surface area contributed by atoms with Crippen molar-refractivity contribution in [2.75, 3.05) is 19.4 Å². The summed E-state index contributed by atoms with van der Waals surface area (Å²) in [5.41, 5.74) is 1.84. The number of aryl methyl sites for hydroxylation is 2. The summed E-state index contributed by atoms with van der Waals surface area (Å²) in [6.07, 6.45) is 0. The Morgan fingerprint density at radius 3 is 2.59 bits per heavy atom. The number of furan rings is 1. The number of anilines is 1. The van der Waals surface area contributed by atoms with Crippen LogP contribution >= 0.6 is 11.3 Å². The minimum Gasteiger partial charge on any atom is -0.466 e. The fourth-order valence-corrected chi connectivity index (χ4v) is 4.17. The molecule has 0 bridgehead atoms. The molecule has 9 heteroatoms. The number of hydrogen-bond acceptors (Lipinski definition) is 6. The van der Waals surface area contributed by atoms with Crippen LogP contribution in [0.3, 0.4) is 0 Å². The standard InChI is InChI=1S/C18H19N3O4S2/c1-11-8-15(12(2)25-11)16-10-26-18(19-16)20-17(22)13-6-5-7-14(9-13)27(23,24)21(3)4/h5-10H,1-4H3,(H,19,20,22). The van der Waals surface area contributed by atoms with Crippen LogP contribution in [0.2, 0.25) is 0 Å². The highest BCUT2D eigenvalue weighted by molar-refractivity contribution is 7.89. The van der Waals surface area contributed by atoms with E-state index in [9.17, 15) is 13.2 Å². The van der Waals surface area contributed by atoms with Gasteiger partial charge in [-0.15, -0.1) is 11.3 Å². The van der Waals surface area contributed by atoms with Crippen molar-refractivity contribution in [1.82, 2.24) is 9.29 Å². The highest BCUT2D eigenvalue weighted by Gasteiger charge is 2.19. The first-order chi connectivity index (χ1) is 12.7. The van der Waals surface area contributed by atoms with E-state index in [2.05, 4.69) is 10.3 Å². The maximum absolute atomic E-state index is 12.5. The van der Waals surface area contributed by atoms with Crippen molar-refractivity contribution in [2.45, 2.75) is 18.7 Å². The van der Waals surface area contributed by atoms with Crippen molar-refractivity contribution in [1.29, 1.82) is 0 Å². The third kappa shape index (κ3) is 3.95. The van der Waals surface area contributed by atoms with Crippen LogP contribution < -0.4 is 5.32 Å².